The molecule has 128 valence electrons. The van der Waals surface area contributed by atoms with E-state index in [1.165, 1.54) is 0 Å². The number of carbonyl (C=O) groups excluding carboxylic acids is 1. The summed E-state index contributed by atoms with van der Waals surface area (Å²) in [5, 5.41) is 3.13. The number of rotatable bonds is 6. The zero-order chi connectivity index (χ0) is 16.8. The molecule has 23 heavy (non-hydrogen) atoms. The maximum Gasteiger partial charge on any atom is 0.252 e. The maximum absolute atomic E-state index is 12.4. The fraction of sp³-hybridized carbons (Fsp3) is 0.611. The molecular weight excluding hydrogens is 354 g/mol. The van der Waals surface area contributed by atoms with Crippen LogP contribution >= 0.6 is 15.9 Å². The molecule has 1 atom stereocenters. The fourth-order valence-corrected chi connectivity index (χ4v) is 3.51. The van der Waals surface area contributed by atoms with E-state index >= 15 is 0 Å². The van der Waals surface area contributed by atoms with E-state index in [1.54, 1.807) is 0 Å². The zero-order valence-corrected chi connectivity index (χ0v) is 16.0. The molecule has 5 heteroatoms. The number of nitrogens with zero attached hydrogens (tertiary/aromatic N) is 2. The first-order valence-corrected chi connectivity index (χ1v) is 9.22. The maximum atomic E-state index is 12.4. The SMILES string of the molecule is CC(C)CC(CNC(=O)c1ccccc1Br)N1CCN(C)CC1. The molecule has 1 aromatic carbocycles. The minimum atomic E-state index is 0.000332. The number of nitrogens with one attached hydrogen (secondary N) is 1. The van der Waals surface area contributed by atoms with Crippen molar-refractivity contribution in [2.24, 2.45) is 5.92 Å². The minimum Gasteiger partial charge on any atom is -0.350 e. The lowest BCUT2D eigenvalue weighted by molar-refractivity contribution is 0.0850. The Hall–Kier alpha value is -0.910. The van der Waals surface area contributed by atoms with Crippen LogP contribution in [0.25, 0.3) is 0 Å². The van der Waals surface area contributed by atoms with Crippen molar-refractivity contribution >= 4 is 21.8 Å². The van der Waals surface area contributed by atoms with Gasteiger partial charge < -0.3 is 10.2 Å². The number of halogens is 1. The van der Waals surface area contributed by atoms with E-state index in [0.29, 0.717) is 24.1 Å². The lowest BCUT2D eigenvalue weighted by Crippen LogP contribution is -2.52. The Morgan fingerprint density at radius 3 is 2.48 bits per heavy atom. The summed E-state index contributed by atoms with van der Waals surface area (Å²) < 4.78 is 0.845. The van der Waals surface area contributed by atoms with Crippen molar-refractivity contribution in [3.05, 3.63) is 34.3 Å². The smallest absolute Gasteiger partial charge is 0.252 e. The third kappa shape index (κ3) is 5.59. The molecule has 0 radical (unpaired) electrons. The zero-order valence-electron chi connectivity index (χ0n) is 14.4. The predicted molar refractivity (Wildman–Crippen MR) is 98.8 cm³/mol. The van der Waals surface area contributed by atoms with Gasteiger partial charge in [-0.1, -0.05) is 26.0 Å². The van der Waals surface area contributed by atoms with Gasteiger partial charge in [0.25, 0.3) is 5.91 Å². The van der Waals surface area contributed by atoms with Gasteiger partial charge in [0.2, 0.25) is 0 Å². The molecule has 2 rings (SSSR count). The molecule has 1 aliphatic rings. The van der Waals surface area contributed by atoms with Crippen molar-refractivity contribution < 1.29 is 4.79 Å². The normalized spacial score (nSPS) is 18.1. The van der Waals surface area contributed by atoms with Crippen LogP contribution < -0.4 is 5.32 Å². The van der Waals surface area contributed by atoms with Crippen LogP contribution in [0.2, 0.25) is 0 Å². The summed E-state index contributed by atoms with van der Waals surface area (Å²) in [6.45, 7) is 9.58. The molecule has 1 aliphatic heterocycles. The minimum absolute atomic E-state index is 0.000332. The fourth-order valence-electron chi connectivity index (χ4n) is 3.04. The second-order valence-corrected chi connectivity index (χ2v) is 7.67. The van der Waals surface area contributed by atoms with Gasteiger partial charge in [-0.15, -0.1) is 0 Å². The van der Waals surface area contributed by atoms with E-state index in [-0.39, 0.29) is 5.91 Å². The first-order valence-electron chi connectivity index (χ1n) is 8.42. The number of piperazine rings is 1. The Kier molecular flexibility index (Phi) is 7.06. The van der Waals surface area contributed by atoms with Crippen LogP contribution in [0, 0.1) is 5.92 Å². The van der Waals surface area contributed by atoms with E-state index in [1.807, 2.05) is 24.3 Å². The first-order chi connectivity index (χ1) is 11.0. The van der Waals surface area contributed by atoms with Crippen LogP contribution in [0.15, 0.2) is 28.7 Å². The number of benzene rings is 1. The van der Waals surface area contributed by atoms with Crippen molar-refractivity contribution in [2.75, 3.05) is 39.8 Å². The van der Waals surface area contributed by atoms with Gasteiger partial charge in [-0.25, -0.2) is 0 Å². The Labute approximate surface area is 148 Å². The summed E-state index contributed by atoms with van der Waals surface area (Å²) in [6.07, 6.45) is 1.11. The van der Waals surface area contributed by atoms with Gasteiger partial charge in [0.15, 0.2) is 0 Å². The lowest BCUT2D eigenvalue weighted by atomic mass is 10.0. The van der Waals surface area contributed by atoms with Gasteiger partial charge in [0, 0.05) is 43.2 Å². The molecule has 1 saturated heterocycles. The van der Waals surface area contributed by atoms with Gasteiger partial charge >= 0.3 is 0 Å². The Balaban J connectivity index is 1.95. The highest BCUT2D eigenvalue weighted by Gasteiger charge is 2.24. The van der Waals surface area contributed by atoms with Crippen LogP contribution in [0.4, 0.5) is 0 Å². The lowest BCUT2D eigenvalue weighted by Gasteiger charge is -2.38. The first kappa shape index (κ1) is 18.4. The Morgan fingerprint density at radius 1 is 1.22 bits per heavy atom. The van der Waals surface area contributed by atoms with Gasteiger partial charge in [-0.2, -0.15) is 0 Å². The van der Waals surface area contributed by atoms with Crippen LogP contribution in [0.3, 0.4) is 0 Å². The molecule has 1 heterocycles. The van der Waals surface area contributed by atoms with Gasteiger partial charge in [0.05, 0.1) is 5.56 Å². The molecule has 0 aromatic heterocycles. The second-order valence-electron chi connectivity index (χ2n) is 6.81. The molecule has 1 fully saturated rings. The number of carbonyl (C=O) groups is 1. The molecule has 1 N–H and O–H groups in total. The highest BCUT2D eigenvalue weighted by molar-refractivity contribution is 9.10. The van der Waals surface area contributed by atoms with Gasteiger partial charge in [-0.3, -0.25) is 9.69 Å². The van der Waals surface area contributed by atoms with Crippen molar-refractivity contribution in [2.45, 2.75) is 26.3 Å². The molecule has 0 saturated carbocycles. The topological polar surface area (TPSA) is 35.6 Å². The van der Waals surface area contributed by atoms with Crippen LogP contribution in [0.5, 0.6) is 0 Å². The average molecular weight is 382 g/mol. The number of likely N-dealkylation sites (N-methyl/N-ethyl adjacent to an activating group) is 1. The molecular formula is C18H28BrN3O. The highest BCUT2D eigenvalue weighted by Crippen LogP contribution is 2.17. The average Bonchev–Trinajstić information content (AvgIpc) is 2.52. The van der Waals surface area contributed by atoms with E-state index in [9.17, 15) is 4.79 Å². The van der Waals surface area contributed by atoms with Crippen LogP contribution in [0.1, 0.15) is 30.6 Å². The van der Waals surface area contributed by atoms with Crippen LogP contribution in [-0.2, 0) is 0 Å². The number of amides is 1. The van der Waals surface area contributed by atoms with Gasteiger partial charge in [0.1, 0.15) is 0 Å². The highest BCUT2D eigenvalue weighted by atomic mass is 79.9. The summed E-state index contributed by atoms with van der Waals surface area (Å²) in [4.78, 5) is 17.3. The summed E-state index contributed by atoms with van der Waals surface area (Å²) in [7, 11) is 2.17. The number of hydrogen-bond acceptors (Lipinski definition) is 3. The molecule has 1 unspecified atom stereocenters. The molecule has 1 amide bonds. The monoisotopic (exact) mass is 381 g/mol. The van der Waals surface area contributed by atoms with E-state index in [0.717, 1.165) is 37.1 Å². The van der Waals surface area contributed by atoms with Crippen molar-refractivity contribution in [1.29, 1.82) is 0 Å². The van der Waals surface area contributed by atoms with Gasteiger partial charge in [-0.05, 0) is 47.4 Å². The van der Waals surface area contributed by atoms with E-state index in [4.69, 9.17) is 0 Å². The molecule has 1 aromatic rings. The second kappa shape index (κ2) is 8.81. The summed E-state index contributed by atoms with van der Waals surface area (Å²) in [6, 6.07) is 7.99. The molecule has 0 bridgehead atoms. The van der Waals surface area contributed by atoms with Crippen LogP contribution in [-0.4, -0.2) is 61.5 Å². The quantitative estimate of drug-likeness (QED) is 0.822. The van der Waals surface area contributed by atoms with Crippen molar-refractivity contribution in [3.8, 4) is 0 Å². The van der Waals surface area contributed by atoms with Crippen molar-refractivity contribution in [3.63, 3.8) is 0 Å². The standard InChI is InChI=1S/C18H28BrN3O/c1-14(2)12-15(22-10-8-21(3)9-11-22)13-20-18(23)16-6-4-5-7-17(16)19/h4-7,14-15H,8-13H2,1-3H3,(H,20,23). The molecule has 4 nitrogen and oxygen atoms in total. The molecule has 0 aliphatic carbocycles. The third-order valence-corrected chi connectivity index (χ3v) is 5.11. The Morgan fingerprint density at radius 2 is 1.87 bits per heavy atom. The predicted octanol–water partition coefficient (Wildman–Crippen LogP) is 2.84. The Bertz CT molecular complexity index is 513. The summed E-state index contributed by atoms with van der Waals surface area (Å²) in [5.74, 6) is 0.625. The molecule has 0 spiro atoms. The number of hydrogen-bond donors (Lipinski definition) is 1. The third-order valence-electron chi connectivity index (χ3n) is 4.41. The summed E-state index contributed by atoms with van der Waals surface area (Å²) in [5.41, 5.74) is 0.703. The largest absolute Gasteiger partial charge is 0.350 e. The van der Waals surface area contributed by atoms with E-state index in [2.05, 4.69) is 51.9 Å². The summed E-state index contributed by atoms with van der Waals surface area (Å²) >= 11 is 3.45. The van der Waals surface area contributed by atoms with E-state index < -0.39 is 0 Å². The van der Waals surface area contributed by atoms with Crippen molar-refractivity contribution in [1.82, 2.24) is 15.1 Å².